The van der Waals surface area contributed by atoms with Gasteiger partial charge < -0.3 is 15.6 Å². The average molecular weight is 386 g/mol. The van der Waals surface area contributed by atoms with Gasteiger partial charge in [0.25, 0.3) is 5.91 Å². The molecule has 2 aliphatic rings. The number of fused-ring (bicyclic) bond motifs is 4. The van der Waals surface area contributed by atoms with Crippen LogP contribution in [-0.2, 0) is 0 Å². The van der Waals surface area contributed by atoms with Gasteiger partial charge in [0.1, 0.15) is 0 Å². The summed E-state index contributed by atoms with van der Waals surface area (Å²) in [6, 6.07) is 14.9. The van der Waals surface area contributed by atoms with E-state index in [-0.39, 0.29) is 18.0 Å². The SMILES string of the molecule is CCC(C)NC(=O)c1cccc2c1NC(c1c[nH]c3ccccc13)C1CC=CC21. The fourth-order valence-electron chi connectivity index (χ4n) is 4.87. The summed E-state index contributed by atoms with van der Waals surface area (Å²) in [5.74, 6) is 0.789. The van der Waals surface area contributed by atoms with E-state index in [0.29, 0.717) is 11.8 Å². The topological polar surface area (TPSA) is 56.9 Å². The lowest BCUT2D eigenvalue weighted by molar-refractivity contribution is 0.0939. The molecule has 2 heterocycles. The van der Waals surface area contributed by atoms with E-state index in [4.69, 9.17) is 0 Å². The van der Waals surface area contributed by atoms with Crippen molar-refractivity contribution in [1.82, 2.24) is 10.3 Å². The summed E-state index contributed by atoms with van der Waals surface area (Å²) in [7, 11) is 0. The molecular weight excluding hydrogens is 358 g/mol. The maximum absolute atomic E-state index is 13.0. The van der Waals surface area contributed by atoms with Gasteiger partial charge in [-0.25, -0.2) is 0 Å². The van der Waals surface area contributed by atoms with Crippen molar-refractivity contribution in [2.75, 3.05) is 5.32 Å². The molecule has 1 aromatic heterocycles. The summed E-state index contributed by atoms with van der Waals surface area (Å²) in [4.78, 5) is 16.4. The van der Waals surface area contributed by atoms with Gasteiger partial charge in [-0.15, -0.1) is 0 Å². The second-order valence-electron chi connectivity index (χ2n) is 8.32. The molecule has 0 saturated heterocycles. The standard InChI is InChI=1S/C25H27N3O/c1-3-15(2)27-25(29)20-12-7-11-18-16-9-6-10-19(16)24(28-23(18)20)21-14-26-22-13-5-4-8-17(21)22/h4-9,11-16,19,24,26,28H,3,10H2,1-2H3,(H,27,29). The van der Waals surface area contributed by atoms with Crippen LogP contribution in [0.25, 0.3) is 10.9 Å². The van der Waals surface area contributed by atoms with Crippen LogP contribution in [0, 0.1) is 5.92 Å². The van der Waals surface area contributed by atoms with Crippen molar-refractivity contribution in [2.24, 2.45) is 5.92 Å². The Hall–Kier alpha value is -3.01. The Morgan fingerprint density at radius 2 is 2.03 bits per heavy atom. The number of hydrogen-bond donors (Lipinski definition) is 3. The van der Waals surface area contributed by atoms with Gasteiger partial charge in [0, 0.05) is 29.1 Å². The first-order valence-electron chi connectivity index (χ1n) is 10.6. The predicted octanol–water partition coefficient (Wildman–Crippen LogP) is 5.52. The Bertz CT molecular complexity index is 1100. The minimum atomic E-state index is 0.00167. The lowest BCUT2D eigenvalue weighted by Crippen LogP contribution is -2.35. The fourth-order valence-corrected chi connectivity index (χ4v) is 4.87. The van der Waals surface area contributed by atoms with Crippen molar-refractivity contribution >= 4 is 22.5 Å². The maximum Gasteiger partial charge on any atom is 0.253 e. The molecule has 4 unspecified atom stereocenters. The summed E-state index contributed by atoms with van der Waals surface area (Å²) >= 11 is 0. The van der Waals surface area contributed by atoms with Crippen LogP contribution >= 0.6 is 0 Å². The van der Waals surface area contributed by atoms with Crippen LogP contribution in [0.5, 0.6) is 0 Å². The third-order valence-electron chi connectivity index (χ3n) is 6.59. The predicted molar refractivity (Wildman–Crippen MR) is 118 cm³/mol. The van der Waals surface area contributed by atoms with Crippen LogP contribution in [0.3, 0.4) is 0 Å². The molecule has 4 nitrogen and oxygen atoms in total. The molecule has 0 radical (unpaired) electrons. The molecule has 4 heteroatoms. The molecule has 0 saturated carbocycles. The second kappa shape index (κ2) is 7.11. The van der Waals surface area contributed by atoms with Gasteiger partial charge in [-0.05, 0) is 48.9 Å². The van der Waals surface area contributed by atoms with Crippen LogP contribution in [0.2, 0.25) is 0 Å². The Kier molecular flexibility index (Phi) is 4.42. The van der Waals surface area contributed by atoms with E-state index >= 15 is 0 Å². The van der Waals surface area contributed by atoms with E-state index in [0.717, 1.165) is 29.6 Å². The number of para-hydroxylation sites is 2. The van der Waals surface area contributed by atoms with Gasteiger partial charge in [0.2, 0.25) is 0 Å². The highest BCUT2D eigenvalue weighted by atomic mass is 16.1. The van der Waals surface area contributed by atoms with Crippen molar-refractivity contribution < 1.29 is 4.79 Å². The summed E-state index contributed by atoms with van der Waals surface area (Å²) in [5.41, 5.74) is 5.39. The Labute approximate surface area is 171 Å². The molecule has 1 aliphatic heterocycles. The highest BCUT2D eigenvalue weighted by Crippen LogP contribution is 2.51. The largest absolute Gasteiger partial charge is 0.377 e. The maximum atomic E-state index is 13.0. The Balaban J connectivity index is 1.59. The Morgan fingerprint density at radius 3 is 2.90 bits per heavy atom. The molecule has 4 atom stereocenters. The average Bonchev–Trinajstić information content (AvgIpc) is 3.40. The van der Waals surface area contributed by atoms with Crippen LogP contribution in [0.4, 0.5) is 5.69 Å². The lowest BCUT2D eigenvalue weighted by Gasteiger charge is -2.38. The number of aromatic amines is 1. The highest BCUT2D eigenvalue weighted by Gasteiger charge is 2.40. The zero-order valence-electron chi connectivity index (χ0n) is 16.9. The molecule has 148 valence electrons. The monoisotopic (exact) mass is 385 g/mol. The number of amides is 1. The Morgan fingerprint density at radius 1 is 1.17 bits per heavy atom. The first-order valence-corrected chi connectivity index (χ1v) is 10.6. The number of carbonyl (C=O) groups excluding carboxylic acids is 1. The minimum Gasteiger partial charge on any atom is -0.377 e. The van der Waals surface area contributed by atoms with Crippen molar-refractivity contribution in [3.8, 4) is 0 Å². The summed E-state index contributed by atoms with van der Waals surface area (Å²) in [5, 5.41) is 8.17. The molecule has 3 N–H and O–H groups in total. The van der Waals surface area contributed by atoms with Crippen molar-refractivity contribution in [3.05, 3.63) is 77.5 Å². The van der Waals surface area contributed by atoms with Crippen molar-refractivity contribution in [3.63, 3.8) is 0 Å². The molecule has 1 aliphatic carbocycles. The van der Waals surface area contributed by atoms with Gasteiger partial charge >= 0.3 is 0 Å². The quantitative estimate of drug-likeness (QED) is 0.518. The molecule has 5 rings (SSSR count). The van der Waals surface area contributed by atoms with E-state index in [1.165, 1.54) is 16.5 Å². The van der Waals surface area contributed by atoms with Crippen LogP contribution in [0.1, 0.15) is 60.1 Å². The first kappa shape index (κ1) is 18.0. The molecule has 2 aromatic carbocycles. The van der Waals surface area contributed by atoms with Crippen LogP contribution in [0.15, 0.2) is 60.8 Å². The number of hydrogen-bond acceptors (Lipinski definition) is 2. The summed E-state index contributed by atoms with van der Waals surface area (Å²) in [6.45, 7) is 4.13. The van der Waals surface area contributed by atoms with E-state index in [9.17, 15) is 4.79 Å². The number of nitrogens with one attached hydrogen (secondary N) is 3. The van der Waals surface area contributed by atoms with E-state index in [2.05, 4.69) is 71.2 Å². The van der Waals surface area contributed by atoms with Gasteiger partial charge in [-0.1, -0.05) is 49.4 Å². The molecular formula is C25H27N3O. The minimum absolute atomic E-state index is 0.00167. The molecule has 0 spiro atoms. The summed E-state index contributed by atoms with van der Waals surface area (Å²) < 4.78 is 0. The van der Waals surface area contributed by atoms with E-state index in [1.807, 2.05) is 19.1 Å². The molecule has 1 amide bonds. The van der Waals surface area contributed by atoms with Gasteiger partial charge in [0.05, 0.1) is 17.3 Å². The van der Waals surface area contributed by atoms with Crippen LogP contribution in [-0.4, -0.2) is 16.9 Å². The summed E-state index contributed by atoms with van der Waals surface area (Å²) in [6.07, 6.45) is 8.71. The zero-order valence-corrected chi connectivity index (χ0v) is 16.9. The van der Waals surface area contributed by atoms with Crippen molar-refractivity contribution in [1.29, 1.82) is 0 Å². The number of aromatic nitrogens is 1. The molecule has 29 heavy (non-hydrogen) atoms. The van der Waals surface area contributed by atoms with Gasteiger partial charge in [-0.2, -0.15) is 0 Å². The normalized spacial score (nSPS) is 23.3. The number of carbonyl (C=O) groups is 1. The number of H-pyrrole nitrogens is 1. The fraction of sp³-hybridized carbons (Fsp3) is 0.320. The highest BCUT2D eigenvalue weighted by molar-refractivity contribution is 6.01. The number of allylic oxidation sites excluding steroid dienone is 2. The lowest BCUT2D eigenvalue weighted by atomic mass is 9.76. The van der Waals surface area contributed by atoms with Gasteiger partial charge in [0.15, 0.2) is 0 Å². The third-order valence-corrected chi connectivity index (χ3v) is 6.59. The molecule has 3 aromatic rings. The van der Waals surface area contributed by atoms with Crippen LogP contribution < -0.4 is 10.6 Å². The zero-order chi connectivity index (χ0) is 20.0. The van der Waals surface area contributed by atoms with E-state index in [1.54, 1.807) is 0 Å². The number of rotatable bonds is 4. The van der Waals surface area contributed by atoms with Crippen molar-refractivity contribution in [2.45, 2.75) is 44.7 Å². The number of benzene rings is 2. The van der Waals surface area contributed by atoms with E-state index < -0.39 is 0 Å². The molecule has 0 bridgehead atoms. The smallest absolute Gasteiger partial charge is 0.253 e. The second-order valence-corrected chi connectivity index (χ2v) is 8.32. The number of anilines is 1. The third kappa shape index (κ3) is 2.94. The first-order chi connectivity index (χ1) is 14.2. The van der Waals surface area contributed by atoms with Gasteiger partial charge in [-0.3, -0.25) is 4.79 Å². The molecule has 0 fully saturated rings.